The summed E-state index contributed by atoms with van der Waals surface area (Å²) in [5.41, 5.74) is 0.722. The van der Waals surface area contributed by atoms with E-state index in [1.54, 1.807) is 19.2 Å². The number of benzene rings is 2. The first-order valence-corrected chi connectivity index (χ1v) is 7.79. The van der Waals surface area contributed by atoms with Gasteiger partial charge in [0, 0.05) is 10.5 Å². The number of para-hydroxylation sites is 1. The zero-order valence-corrected chi connectivity index (χ0v) is 14.1. The van der Waals surface area contributed by atoms with Gasteiger partial charge in [0.1, 0.15) is 11.5 Å². The normalized spacial score (nSPS) is 11.6. The second kappa shape index (κ2) is 7.84. The van der Waals surface area contributed by atoms with Gasteiger partial charge in [-0.3, -0.25) is 4.79 Å². The van der Waals surface area contributed by atoms with Crippen LogP contribution in [0, 0.1) is 0 Å². The summed E-state index contributed by atoms with van der Waals surface area (Å²) in [7, 11) is 1.59. The lowest BCUT2D eigenvalue weighted by Crippen LogP contribution is -2.32. The number of rotatable bonds is 6. The molecular formula is C17H18BrNO3. The number of methoxy groups -OCH3 is 1. The molecule has 0 heterocycles. The van der Waals surface area contributed by atoms with E-state index in [-0.39, 0.29) is 5.91 Å². The highest BCUT2D eigenvalue weighted by molar-refractivity contribution is 9.10. The Kier molecular flexibility index (Phi) is 5.83. The molecule has 22 heavy (non-hydrogen) atoms. The third-order valence-corrected chi connectivity index (χ3v) is 3.81. The van der Waals surface area contributed by atoms with Crippen molar-refractivity contribution in [1.82, 2.24) is 0 Å². The van der Waals surface area contributed by atoms with Gasteiger partial charge in [-0.05, 0) is 46.6 Å². The zero-order chi connectivity index (χ0) is 15.9. The van der Waals surface area contributed by atoms with Crippen LogP contribution in [0.5, 0.6) is 11.5 Å². The molecule has 1 atom stereocenters. The highest BCUT2D eigenvalue weighted by Crippen LogP contribution is 2.23. The molecule has 0 fully saturated rings. The Labute approximate surface area is 138 Å². The van der Waals surface area contributed by atoms with Crippen LogP contribution in [0.25, 0.3) is 0 Å². The standard InChI is InChI=1S/C17H18BrNO3/c1-3-16(22-13-8-6-7-12(11-13)21-2)17(20)19-15-10-5-4-9-14(15)18/h4-11,16H,3H2,1-2H3,(H,19,20)/t16-/m0/s1. The first-order chi connectivity index (χ1) is 10.6. The SMILES string of the molecule is CC[C@H](Oc1cccc(OC)c1)C(=O)Nc1ccccc1Br. The Hall–Kier alpha value is -2.01. The quantitative estimate of drug-likeness (QED) is 0.834. The van der Waals surface area contributed by atoms with Gasteiger partial charge in [0.25, 0.3) is 5.91 Å². The monoisotopic (exact) mass is 363 g/mol. The fourth-order valence-corrected chi connectivity index (χ4v) is 2.32. The summed E-state index contributed by atoms with van der Waals surface area (Å²) >= 11 is 3.41. The summed E-state index contributed by atoms with van der Waals surface area (Å²) in [6.07, 6.45) is -0.00718. The maximum Gasteiger partial charge on any atom is 0.265 e. The van der Waals surface area contributed by atoms with Gasteiger partial charge in [0.2, 0.25) is 0 Å². The molecule has 0 aliphatic heterocycles. The summed E-state index contributed by atoms with van der Waals surface area (Å²) in [5.74, 6) is 1.12. The van der Waals surface area contributed by atoms with Crippen LogP contribution in [-0.2, 0) is 4.79 Å². The average molecular weight is 364 g/mol. The number of nitrogens with one attached hydrogen (secondary N) is 1. The molecule has 2 aromatic rings. The summed E-state index contributed by atoms with van der Waals surface area (Å²) in [4.78, 5) is 12.4. The number of hydrogen-bond acceptors (Lipinski definition) is 3. The molecule has 0 aliphatic rings. The second-order valence-electron chi connectivity index (χ2n) is 4.66. The first kappa shape index (κ1) is 16.4. The van der Waals surface area contributed by atoms with Crippen LogP contribution in [0.4, 0.5) is 5.69 Å². The fourth-order valence-electron chi connectivity index (χ4n) is 1.94. The maximum atomic E-state index is 12.4. The molecule has 0 spiro atoms. The summed E-state index contributed by atoms with van der Waals surface area (Å²) in [6, 6.07) is 14.7. The van der Waals surface area contributed by atoms with Crippen LogP contribution in [-0.4, -0.2) is 19.1 Å². The lowest BCUT2D eigenvalue weighted by atomic mass is 10.2. The lowest BCUT2D eigenvalue weighted by Gasteiger charge is -2.18. The van der Waals surface area contributed by atoms with Gasteiger partial charge in [0.15, 0.2) is 6.10 Å². The van der Waals surface area contributed by atoms with Crippen molar-refractivity contribution in [2.45, 2.75) is 19.4 Å². The van der Waals surface area contributed by atoms with E-state index in [9.17, 15) is 4.79 Å². The topological polar surface area (TPSA) is 47.6 Å². The minimum Gasteiger partial charge on any atom is -0.497 e. The zero-order valence-electron chi connectivity index (χ0n) is 12.5. The molecule has 0 saturated carbocycles. The number of ether oxygens (including phenoxy) is 2. The summed E-state index contributed by atoms with van der Waals surface area (Å²) in [5, 5.41) is 2.87. The van der Waals surface area contributed by atoms with E-state index < -0.39 is 6.10 Å². The third-order valence-electron chi connectivity index (χ3n) is 3.11. The lowest BCUT2D eigenvalue weighted by molar-refractivity contribution is -0.122. The van der Waals surface area contributed by atoms with Gasteiger partial charge in [-0.25, -0.2) is 0 Å². The third kappa shape index (κ3) is 4.24. The summed E-state index contributed by atoms with van der Waals surface area (Å²) in [6.45, 7) is 1.91. The van der Waals surface area contributed by atoms with Gasteiger partial charge in [-0.1, -0.05) is 25.1 Å². The van der Waals surface area contributed by atoms with E-state index in [0.29, 0.717) is 17.9 Å². The molecule has 0 aliphatic carbocycles. The molecule has 0 saturated heterocycles. The number of anilines is 1. The largest absolute Gasteiger partial charge is 0.497 e. The number of carbonyl (C=O) groups excluding carboxylic acids is 1. The molecule has 0 unspecified atom stereocenters. The molecule has 0 aromatic heterocycles. The highest BCUT2D eigenvalue weighted by Gasteiger charge is 2.19. The van der Waals surface area contributed by atoms with Crippen molar-refractivity contribution in [3.8, 4) is 11.5 Å². The summed E-state index contributed by atoms with van der Waals surface area (Å²) < 4.78 is 11.8. The number of halogens is 1. The van der Waals surface area contributed by atoms with Crippen molar-refractivity contribution in [3.05, 3.63) is 53.0 Å². The van der Waals surface area contributed by atoms with E-state index >= 15 is 0 Å². The van der Waals surface area contributed by atoms with Crippen LogP contribution in [0.15, 0.2) is 53.0 Å². The van der Waals surface area contributed by atoms with Crippen molar-refractivity contribution < 1.29 is 14.3 Å². The minimum absolute atomic E-state index is 0.183. The van der Waals surface area contributed by atoms with Crippen molar-refractivity contribution in [2.24, 2.45) is 0 Å². The molecule has 2 aromatic carbocycles. The van der Waals surface area contributed by atoms with Crippen molar-refractivity contribution >= 4 is 27.5 Å². The Balaban J connectivity index is 2.07. The van der Waals surface area contributed by atoms with Crippen molar-refractivity contribution in [1.29, 1.82) is 0 Å². The Morgan fingerprint density at radius 3 is 2.59 bits per heavy atom. The molecule has 1 N–H and O–H groups in total. The van der Waals surface area contributed by atoms with Crippen LogP contribution >= 0.6 is 15.9 Å². The predicted octanol–water partition coefficient (Wildman–Crippen LogP) is 4.25. The molecule has 5 heteroatoms. The van der Waals surface area contributed by atoms with Gasteiger partial charge >= 0.3 is 0 Å². The van der Waals surface area contributed by atoms with Crippen LogP contribution in [0.3, 0.4) is 0 Å². The minimum atomic E-state index is -0.570. The number of carbonyl (C=O) groups is 1. The molecule has 116 valence electrons. The Morgan fingerprint density at radius 1 is 1.18 bits per heavy atom. The van der Waals surface area contributed by atoms with Crippen LogP contribution in [0.2, 0.25) is 0 Å². The van der Waals surface area contributed by atoms with Crippen LogP contribution in [0.1, 0.15) is 13.3 Å². The predicted molar refractivity (Wildman–Crippen MR) is 90.5 cm³/mol. The molecule has 0 bridgehead atoms. The van der Waals surface area contributed by atoms with E-state index in [4.69, 9.17) is 9.47 Å². The molecule has 2 rings (SSSR count). The molecular weight excluding hydrogens is 346 g/mol. The average Bonchev–Trinajstić information content (AvgIpc) is 2.54. The smallest absolute Gasteiger partial charge is 0.265 e. The van der Waals surface area contributed by atoms with Gasteiger partial charge in [-0.15, -0.1) is 0 Å². The van der Waals surface area contributed by atoms with Crippen molar-refractivity contribution in [2.75, 3.05) is 12.4 Å². The Morgan fingerprint density at radius 2 is 1.91 bits per heavy atom. The van der Waals surface area contributed by atoms with E-state index in [2.05, 4.69) is 21.2 Å². The van der Waals surface area contributed by atoms with Crippen LogP contribution < -0.4 is 14.8 Å². The second-order valence-corrected chi connectivity index (χ2v) is 5.52. The number of amides is 1. The molecule has 0 radical (unpaired) electrons. The first-order valence-electron chi connectivity index (χ1n) is 7.00. The fraction of sp³-hybridized carbons (Fsp3) is 0.235. The number of hydrogen-bond donors (Lipinski definition) is 1. The van der Waals surface area contributed by atoms with E-state index in [0.717, 1.165) is 10.2 Å². The van der Waals surface area contributed by atoms with E-state index in [1.165, 1.54) is 0 Å². The van der Waals surface area contributed by atoms with Gasteiger partial charge in [-0.2, -0.15) is 0 Å². The van der Waals surface area contributed by atoms with Gasteiger partial charge < -0.3 is 14.8 Å². The molecule has 4 nitrogen and oxygen atoms in total. The van der Waals surface area contributed by atoms with E-state index in [1.807, 2.05) is 43.3 Å². The van der Waals surface area contributed by atoms with Gasteiger partial charge in [0.05, 0.1) is 12.8 Å². The Bertz CT molecular complexity index is 645. The molecule has 1 amide bonds. The highest BCUT2D eigenvalue weighted by atomic mass is 79.9. The maximum absolute atomic E-state index is 12.4. The van der Waals surface area contributed by atoms with Crippen molar-refractivity contribution in [3.63, 3.8) is 0 Å².